The van der Waals surface area contributed by atoms with Crippen LogP contribution in [0.2, 0.25) is 0 Å². The molecule has 1 aromatic carbocycles. The molecular weight excluding hydrogens is 403 g/mol. The third-order valence-electron chi connectivity index (χ3n) is 5.02. The van der Waals surface area contributed by atoms with Gasteiger partial charge in [-0.25, -0.2) is 9.07 Å². The summed E-state index contributed by atoms with van der Waals surface area (Å²) in [6.45, 7) is 3.97. The largest absolute Gasteiger partial charge is 0.489 e. The Bertz CT molecular complexity index is 1040. The van der Waals surface area contributed by atoms with Gasteiger partial charge in [0.1, 0.15) is 5.82 Å². The molecule has 1 aliphatic heterocycles. The van der Waals surface area contributed by atoms with Crippen molar-refractivity contribution in [2.75, 3.05) is 32.8 Å². The number of halogens is 1. The molecule has 0 aliphatic carbocycles. The van der Waals surface area contributed by atoms with E-state index in [-0.39, 0.29) is 29.1 Å². The van der Waals surface area contributed by atoms with Gasteiger partial charge in [-0.3, -0.25) is 9.59 Å². The summed E-state index contributed by atoms with van der Waals surface area (Å²) >= 11 is 0. The summed E-state index contributed by atoms with van der Waals surface area (Å²) in [5.74, 6) is -0.142. The van der Waals surface area contributed by atoms with E-state index >= 15 is 0 Å². The monoisotopic (exact) mass is 426 g/mol. The van der Waals surface area contributed by atoms with Crippen LogP contribution in [0.5, 0.6) is 5.75 Å². The minimum absolute atomic E-state index is 0.190. The third kappa shape index (κ3) is 4.45. The Hall–Kier alpha value is -3.62. The molecule has 1 fully saturated rings. The molecule has 0 N–H and O–H groups in total. The van der Waals surface area contributed by atoms with E-state index in [4.69, 9.17) is 9.15 Å². The van der Waals surface area contributed by atoms with E-state index in [9.17, 15) is 14.0 Å². The number of carbonyl (C=O) groups is 2. The van der Waals surface area contributed by atoms with Gasteiger partial charge in [0.2, 0.25) is 0 Å². The summed E-state index contributed by atoms with van der Waals surface area (Å²) in [6, 6.07) is 9.13. The summed E-state index contributed by atoms with van der Waals surface area (Å²) in [5.41, 5.74) is 0.819. The number of amides is 2. The normalized spacial score (nSPS) is 14.0. The Labute approximate surface area is 178 Å². The number of hydrogen-bond acceptors (Lipinski definition) is 5. The number of rotatable bonds is 6. The minimum Gasteiger partial charge on any atom is -0.489 e. The van der Waals surface area contributed by atoms with E-state index in [1.165, 1.54) is 23.1 Å². The maximum absolute atomic E-state index is 13.3. The van der Waals surface area contributed by atoms with Gasteiger partial charge >= 0.3 is 0 Å². The first-order valence-electron chi connectivity index (χ1n) is 10.2. The lowest BCUT2D eigenvalue weighted by Gasteiger charge is -2.34. The lowest BCUT2D eigenvalue weighted by Crippen LogP contribution is -2.50. The fourth-order valence-electron chi connectivity index (χ4n) is 3.37. The van der Waals surface area contributed by atoms with Crippen LogP contribution in [-0.4, -0.2) is 64.2 Å². The number of carbonyl (C=O) groups excluding carboxylic acids is 2. The summed E-state index contributed by atoms with van der Waals surface area (Å²) < 4.78 is 25.7. The first-order chi connectivity index (χ1) is 15.1. The fraction of sp³-hybridized carbons (Fsp3) is 0.318. The van der Waals surface area contributed by atoms with E-state index in [0.717, 1.165) is 6.42 Å². The number of piperazine rings is 1. The molecule has 4 rings (SSSR count). The molecule has 0 unspecified atom stereocenters. The molecule has 0 bridgehead atoms. The molecule has 0 spiro atoms. The van der Waals surface area contributed by atoms with Crippen molar-refractivity contribution in [2.45, 2.75) is 13.3 Å². The van der Waals surface area contributed by atoms with Crippen LogP contribution in [0.4, 0.5) is 4.39 Å². The number of benzene rings is 1. The van der Waals surface area contributed by atoms with Crippen molar-refractivity contribution < 1.29 is 23.1 Å². The van der Waals surface area contributed by atoms with Gasteiger partial charge in [-0.1, -0.05) is 6.92 Å². The zero-order valence-corrected chi connectivity index (χ0v) is 17.2. The number of furan rings is 1. The molecule has 162 valence electrons. The predicted molar refractivity (Wildman–Crippen MR) is 110 cm³/mol. The molecule has 0 saturated carbocycles. The van der Waals surface area contributed by atoms with E-state index in [1.54, 1.807) is 40.3 Å². The number of hydrogen-bond donors (Lipinski definition) is 0. The zero-order valence-electron chi connectivity index (χ0n) is 17.2. The highest BCUT2D eigenvalue weighted by molar-refractivity contribution is 5.95. The van der Waals surface area contributed by atoms with Crippen LogP contribution in [0.15, 0.2) is 53.3 Å². The van der Waals surface area contributed by atoms with Crippen molar-refractivity contribution in [3.8, 4) is 11.4 Å². The summed E-state index contributed by atoms with van der Waals surface area (Å²) in [7, 11) is 0. The van der Waals surface area contributed by atoms with Crippen molar-refractivity contribution in [3.05, 3.63) is 66.1 Å². The van der Waals surface area contributed by atoms with Gasteiger partial charge in [0.15, 0.2) is 17.2 Å². The molecular formula is C22H23FN4O4. The molecule has 3 aromatic rings. The van der Waals surface area contributed by atoms with Crippen LogP contribution in [0.25, 0.3) is 5.69 Å². The Morgan fingerprint density at radius 2 is 1.74 bits per heavy atom. The van der Waals surface area contributed by atoms with Crippen molar-refractivity contribution in [1.82, 2.24) is 19.6 Å². The molecule has 1 saturated heterocycles. The maximum Gasteiger partial charge on any atom is 0.289 e. The molecule has 0 radical (unpaired) electrons. The van der Waals surface area contributed by atoms with Crippen LogP contribution in [0.3, 0.4) is 0 Å². The predicted octanol–water partition coefficient (Wildman–Crippen LogP) is 2.99. The third-order valence-corrected chi connectivity index (χ3v) is 5.02. The van der Waals surface area contributed by atoms with Crippen LogP contribution >= 0.6 is 0 Å². The second kappa shape index (κ2) is 9.03. The average Bonchev–Trinajstić information content (AvgIpc) is 3.48. The number of ether oxygens (including phenoxy) is 1. The molecule has 0 atom stereocenters. The molecule has 31 heavy (non-hydrogen) atoms. The van der Waals surface area contributed by atoms with Gasteiger partial charge < -0.3 is 19.0 Å². The molecule has 9 heteroatoms. The van der Waals surface area contributed by atoms with Crippen molar-refractivity contribution in [1.29, 1.82) is 0 Å². The van der Waals surface area contributed by atoms with Crippen molar-refractivity contribution >= 4 is 11.8 Å². The molecule has 2 amide bonds. The second-order valence-corrected chi connectivity index (χ2v) is 7.17. The standard InChI is InChI=1S/C22H23FN4O4/c1-2-13-30-19-15-27(17-7-5-16(23)6-8-17)24-20(19)22(29)26-11-9-25(10-12-26)21(28)18-4-3-14-31-18/h3-8,14-15H,2,9-13H2,1H3. The van der Waals surface area contributed by atoms with E-state index in [2.05, 4.69) is 5.10 Å². The smallest absolute Gasteiger partial charge is 0.289 e. The van der Waals surface area contributed by atoms with Gasteiger partial charge in [-0.05, 0) is 42.8 Å². The van der Waals surface area contributed by atoms with Gasteiger partial charge in [0.05, 0.1) is 24.8 Å². The Morgan fingerprint density at radius 1 is 1.06 bits per heavy atom. The maximum atomic E-state index is 13.3. The quantitative estimate of drug-likeness (QED) is 0.605. The van der Waals surface area contributed by atoms with Crippen LogP contribution in [0, 0.1) is 5.82 Å². The highest BCUT2D eigenvalue weighted by Crippen LogP contribution is 2.23. The van der Waals surface area contributed by atoms with Gasteiger partial charge in [0, 0.05) is 26.2 Å². The molecule has 8 nitrogen and oxygen atoms in total. The van der Waals surface area contributed by atoms with Crippen molar-refractivity contribution in [2.24, 2.45) is 0 Å². The average molecular weight is 426 g/mol. The first-order valence-corrected chi connectivity index (χ1v) is 10.2. The van der Waals surface area contributed by atoms with Gasteiger partial charge in [0.25, 0.3) is 11.8 Å². The van der Waals surface area contributed by atoms with Crippen LogP contribution in [-0.2, 0) is 0 Å². The Kier molecular flexibility index (Phi) is 6.01. The molecule has 2 aromatic heterocycles. The van der Waals surface area contributed by atoms with E-state index in [1.807, 2.05) is 6.92 Å². The number of aromatic nitrogens is 2. The van der Waals surface area contributed by atoms with E-state index < -0.39 is 0 Å². The van der Waals surface area contributed by atoms with Gasteiger partial charge in [-0.15, -0.1) is 0 Å². The minimum atomic E-state index is -0.350. The van der Waals surface area contributed by atoms with Crippen molar-refractivity contribution in [3.63, 3.8) is 0 Å². The summed E-state index contributed by atoms with van der Waals surface area (Å²) in [6.07, 6.45) is 3.87. The molecule has 1 aliphatic rings. The lowest BCUT2D eigenvalue weighted by molar-refractivity contribution is 0.0513. The Morgan fingerprint density at radius 3 is 2.35 bits per heavy atom. The summed E-state index contributed by atoms with van der Waals surface area (Å²) in [4.78, 5) is 28.9. The highest BCUT2D eigenvalue weighted by atomic mass is 19.1. The fourth-order valence-corrected chi connectivity index (χ4v) is 3.37. The second-order valence-electron chi connectivity index (χ2n) is 7.17. The molecule has 3 heterocycles. The topological polar surface area (TPSA) is 80.8 Å². The number of nitrogens with zero attached hydrogens (tertiary/aromatic N) is 4. The lowest BCUT2D eigenvalue weighted by atomic mass is 10.2. The highest BCUT2D eigenvalue weighted by Gasteiger charge is 2.29. The van der Waals surface area contributed by atoms with Gasteiger partial charge in [-0.2, -0.15) is 5.10 Å². The van der Waals surface area contributed by atoms with E-state index in [0.29, 0.717) is 44.2 Å². The summed E-state index contributed by atoms with van der Waals surface area (Å²) in [5, 5.41) is 4.42. The zero-order chi connectivity index (χ0) is 21.8. The first kappa shape index (κ1) is 20.6. The van der Waals surface area contributed by atoms with Crippen LogP contribution < -0.4 is 4.74 Å². The van der Waals surface area contributed by atoms with Crippen LogP contribution in [0.1, 0.15) is 34.4 Å². The Balaban J connectivity index is 1.49. The SMILES string of the molecule is CCCOc1cn(-c2ccc(F)cc2)nc1C(=O)N1CCN(C(=O)c2ccco2)CC1.